The van der Waals surface area contributed by atoms with Gasteiger partial charge in [0.25, 0.3) is 0 Å². The van der Waals surface area contributed by atoms with Gasteiger partial charge >= 0.3 is 5.97 Å². The van der Waals surface area contributed by atoms with Crippen LogP contribution in [0.1, 0.15) is 18.1 Å². The van der Waals surface area contributed by atoms with E-state index in [1.54, 1.807) is 0 Å². The van der Waals surface area contributed by atoms with Crippen LogP contribution >= 0.6 is 11.6 Å². The van der Waals surface area contributed by atoms with E-state index < -0.39 is 28.2 Å². The normalized spacial score (nSPS) is 10.7. The predicted molar refractivity (Wildman–Crippen MR) is 94.7 cm³/mol. The maximum Gasteiger partial charge on any atom is 0.341 e. The van der Waals surface area contributed by atoms with Gasteiger partial charge in [0.2, 0.25) is 0 Å². The van der Waals surface area contributed by atoms with E-state index >= 15 is 0 Å². The van der Waals surface area contributed by atoms with Crippen molar-refractivity contribution in [2.45, 2.75) is 11.8 Å². The van der Waals surface area contributed by atoms with Crippen LogP contribution in [0, 0.1) is 17.7 Å². The molecule has 0 saturated heterocycles. The molecular weight excluding hydrogens is 383 g/mol. The first-order valence-electron chi connectivity index (χ1n) is 7.41. The Hall–Kier alpha value is -2.56. The number of carboxylic acid groups (broad SMARTS) is 1. The molecule has 0 aromatic heterocycles. The monoisotopic (exact) mass is 396 g/mol. The largest absolute Gasteiger partial charge is 0.481 e. The Morgan fingerprint density at radius 3 is 2.54 bits per heavy atom. The zero-order valence-electron chi connectivity index (χ0n) is 13.6. The molecule has 0 spiro atoms. The molecule has 0 aliphatic rings. The third-order valence-electron chi connectivity index (χ3n) is 3.30. The summed E-state index contributed by atoms with van der Waals surface area (Å²) in [5.41, 5.74) is 0.144. The average molecular weight is 397 g/mol. The Kier molecular flexibility index (Phi) is 6.24. The highest BCUT2D eigenvalue weighted by molar-refractivity contribution is 7.91. The van der Waals surface area contributed by atoms with E-state index in [-0.39, 0.29) is 27.5 Å². The highest BCUT2D eigenvalue weighted by atomic mass is 35.5. The molecule has 0 bridgehead atoms. The lowest BCUT2D eigenvalue weighted by atomic mass is 10.1. The fraction of sp³-hybridized carbons (Fsp3) is 0.167. The first-order chi connectivity index (χ1) is 12.2. The van der Waals surface area contributed by atoms with E-state index in [9.17, 15) is 17.6 Å². The summed E-state index contributed by atoms with van der Waals surface area (Å²) in [4.78, 5) is 10.6. The number of rotatable bonds is 5. The van der Waals surface area contributed by atoms with Crippen molar-refractivity contribution in [3.63, 3.8) is 0 Å². The number of carboxylic acids is 1. The summed E-state index contributed by atoms with van der Waals surface area (Å²) >= 11 is 5.90. The van der Waals surface area contributed by atoms with Crippen molar-refractivity contribution in [2.75, 3.05) is 12.4 Å². The lowest BCUT2D eigenvalue weighted by Crippen LogP contribution is -2.10. The maximum atomic E-state index is 14.0. The zero-order chi connectivity index (χ0) is 19.3. The fourth-order valence-electron chi connectivity index (χ4n) is 1.96. The summed E-state index contributed by atoms with van der Waals surface area (Å²) in [7, 11) is -3.50. The first-order valence-corrected chi connectivity index (χ1v) is 9.44. The van der Waals surface area contributed by atoms with Crippen LogP contribution in [0.15, 0.2) is 41.3 Å². The van der Waals surface area contributed by atoms with Gasteiger partial charge in [0, 0.05) is 5.02 Å². The van der Waals surface area contributed by atoms with E-state index in [1.807, 2.05) is 0 Å². The summed E-state index contributed by atoms with van der Waals surface area (Å²) in [6.45, 7) is 0.914. The second-order valence-corrected chi connectivity index (χ2v) is 7.83. The molecule has 0 aliphatic heterocycles. The second-order valence-electron chi connectivity index (χ2n) is 5.12. The zero-order valence-corrected chi connectivity index (χ0v) is 15.2. The van der Waals surface area contributed by atoms with Gasteiger partial charge in [-0.1, -0.05) is 30.4 Å². The van der Waals surface area contributed by atoms with Crippen molar-refractivity contribution >= 4 is 27.4 Å². The van der Waals surface area contributed by atoms with E-state index in [0.29, 0.717) is 5.02 Å². The van der Waals surface area contributed by atoms with Crippen LogP contribution in [0.3, 0.4) is 0 Å². The molecular formula is C18H14ClFO5S. The second kappa shape index (κ2) is 8.21. The van der Waals surface area contributed by atoms with Gasteiger partial charge in [-0.25, -0.2) is 17.6 Å². The minimum atomic E-state index is -3.50. The van der Waals surface area contributed by atoms with Gasteiger partial charge in [0.15, 0.2) is 16.4 Å². The van der Waals surface area contributed by atoms with E-state index in [1.165, 1.54) is 31.2 Å². The van der Waals surface area contributed by atoms with Gasteiger partial charge < -0.3 is 9.84 Å². The number of halogens is 2. The molecule has 0 unspecified atom stereocenters. The van der Waals surface area contributed by atoms with Gasteiger partial charge in [-0.2, -0.15) is 0 Å². The van der Waals surface area contributed by atoms with Gasteiger partial charge in [-0.3, -0.25) is 0 Å². The standard InChI is InChI=1S/C18H14ClFO5S/c1-2-26(23,24)15-6-7-16(20)12(10-15)3-4-13-9-14(19)5-8-17(13)25-11-18(21)22/h5-10H,2,11H2,1H3,(H,21,22). The number of carbonyl (C=O) groups is 1. The van der Waals surface area contributed by atoms with Crippen LogP contribution in [0.5, 0.6) is 5.75 Å². The Morgan fingerprint density at radius 2 is 1.88 bits per heavy atom. The van der Waals surface area contributed by atoms with Crippen LogP contribution < -0.4 is 4.74 Å². The molecule has 1 N–H and O–H groups in total. The van der Waals surface area contributed by atoms with Gasteiger partial charge in [-0.05, 0) is 36.4 Å². The van der Waals surface area contributed by atoms with Crippen molar-refractivity contribution in [1.82, 2.24) is 0 Å². The highest BCUT2D eigenvalue weighted by Crippen LogP contribution is 2.23. The predicted octanol–water partition coefficient (Wildman–Crippen LogP) is 3.14. The minimum absolute atomic E-state index is 0.0286. The summed E-state index contributed by atoms with van der Waals surface area (Å²) < 4.78 is 42.9. The van der Waals surface area contributed by atoms with Gasteiger partial charge in [-0.15, -0.1) is 0 Å². The van der Waals surface area contributed by atoms with E-state index in [2.05, 4.69) is 11.8 Å². The number of hydrogen-bond acceptors (Lipinski definition) is 4. The van der Waals surface area contributed by atoms with Crippen molar-refractivity contribution in [3.05, 3.63) is 58.4 Å². The number of benzene rings is 2. The molecule has 0 saturated carbocycles. The molecule has 2 aromatic rings. The highest BCUT2D eigenvalue weighted by Gasteiger charge is 2.13. The minimum Gasteiger partial charge on any atom is -0.481 e. The Balaban J connectivity index is 2.45. The fourth-order valence-corrected chi connectivity index (χ4v) is 3.04. The molecule has 136 valence electrons. The van der Waals surface area contributed by atoms with Gasteiger partial charge in [0.1, 0.15) is 11.6 Å². The molecule has 2 aromatic carbocycles. The molecule has 0 fully saturated rings. The Bertz CT molecular complexity index is 1010. The SMILES string of the molecule is CCS(=O)(=O)c1ccc(F)c(C#Cc2cc(Cl)ccc2OCC(=O)O)c1. The quantitative estimate of drug-likeness (QED) is 0.620. The van der Waals surface area contributed by atoms with Crippen LogP contribution in [-0.4, -0.2) is 31.9 Å². The van der Waals surface area contributed by atoms with Gasteiger partial charge in [0.05, 0.1) is 21.8 Å². The summed E-state index contributed by atoms with van der Waals surface area (Å²) in [5, 5.41) is 9.03. The third kappa shape index (κ3) is 4.97. The molecule has 2 rings (SSSR count). The topological polar surface area (TPSA) is 80.7 Å². The molecule has 5 nitrogen and oxygen atoms in total. The van der Waals surface area contributed by atoms with E-state index in [4.69, 9.17) is 21.4 Å². The van der Waals surface area contributed by atoms with Crippen LogP contribution in [0.4, 0.5) is 4.39 Å². The van der Waals surface area contributed by atoms with Crippen LogP contribution in [0.25, 0.3) is 0 Å². The first kappa shape index (κ1) is 19.8. The van der Waals surface area contributed by atoms with Crippen molar-refractivity contribution in [2.24, 2.45) is 0 Å². The average Bonchev–Trinajstić information content (AvgIpc) is 2.59. The van der Waals surface area contributed by atoms with Crippen LogP contribution in [-0.2, 0) is 14.6 Å². The maximum absolute atomic E-state index is 14.0. The van der Waals surface area contributed by atoms with Crippen molar-refractivity contribution in [1.29, 1.82) is 0 Å². The molecule has 0 amide bonds. The molecule has 0 aliphatic carbocycles. The summed E-state index contributed by atoms with van der Waals surface area (Å²) in [5.74, 6) is 3.40. The smallest absolute Gasteiger partial charge is 0.341 e. The van der Waals surface area contributed by atoms with Crippen LogP contribution in [0.2, 0.25) is 5.02 Å². The summed E-state index contributed by atoms with van der Waals surface area (Å²) in [6.07, 6.45) is 0. The Morgan fingerprint density at radius 1 is 1.19 bits per heavy atom. The Labute approximate surface area is 155 Å². The lowest BCUT2D eigenvalue weighted by molar-refractivity contribution is -0.139. The molecule has 8 heteroatoms. The molecule has 0 heterocycles. The third-order valence-corrected chi connectivity index (χ3v) is 5.27. The number of hydrogen-bond donors (Lipinski definition) is 1. The lowest BCUT2D eigenvalue weighted by Gasteiger charge is -2.06. The number of ether oxygens (including phenoxy) is 1. The number of sulfone groups is 1. The van der Waals surface area contributed by atoms with Crippen molar-refractivity contribution < 1.29 is 27.4 Å². The van der Waals surface area contributed by atoms with Crippen molar-refractivity contribution in [3.8, 4) is 17.6 Å². The number of aliphatic carboxylic acids is 1. The molecule has 0 atom stereocenters. The molecule has 26 heavy (non-hydrogen) atoms. The van der Waals surface area contributed by atoms with E-state index in [0.717, 1.165) is 12.1 Å². The molecule has 0 radical (unpaired) electrons. The summed E-state index contributed by atoms with van der Waals surface area (Å²) in [6, 6.07) is 7.76.